The number of aryl methyl sites for hydroxylation is 1. The molecule has 96 valence electrons. The Morgan fingerprint density at radius 3 is 2.84 bits per heavy atom. The van der Waals surface area contributed by atoms with E-state index in [4.69, 9.17) is 0 Å². The molecule has 0 saturated carbocycles. The average Bonchev–Trinajstić information content (AvgIpc) is 2.46. The SMILES string of the molecule is Cc1ncncc1C(=O)N1CCc2ccccc2C1. The van der Waals surface area contributed by atoms with Gasteiger partial charge in [-0.3, -0.25) is 4.79 Å². The Morgan fingerprint density at radius 2 is 2.05 bits per heavy atom. The van der Waals surface area contributed by atoms with Gasteiger partial charge in [0.2, 0.25) is 0 Å². The van der Waals surface area contributed by atoms with Crippen molar-refractivity contribution in [3.05, 3.63) is 59.2 Å². The van der Waals surface area contributed by atoms with Gasteiger partial charge in [-0.15, -0.1) is 0 Å². The maximum absolute atomic E-state index is 12.5. The molecule has 0 N–H and O–H groups in total. The number of aromatic nitrogens is 2. The first-order valence-electron chi connectivity index (χ1n) is 6.38. The van der Waals surface area contributed by atoms with Gasteiger partial charge in [-0.05, 0) is 24.5 Å². The largest absolute Gasteiger partial charge is 0.334 e. The van der Waals surface area contributed by atoms with E-state index in [0.717, 1.165) is 18.7 Å². The lowest BCUT2D eigenvalue weighted by Gasteiger charge is -2.29. The molecule has 1 amide bonds. The second kappa shape index (κ2) is 4.80. The number of carbonyl (C=O) groups excluding carboxylic acids is 1. The Morgan fingerprint density at radius 1 is 1.26 bits per heavy atom. The van der Waals surface area contributed by atoms with Gasteiger partial charge in [-0.25, -0.2) is 9.97 Å². The maximum Gasteiger partial charge on any atom is 0.257 e. The van der Waals surface area contributed by atoms with Crippen molar-refractivity contribution < 1.29 is 4.79 Å². The third-order valence-corrected chi connectivity index (χ3v) is 3.56. The van der Waals surface area contributed by atoms with Gasteiger partial charge in [0.25, 0.3) is 5.91 Å². The number of amides is 1. The zero-order valence-corrected chi connectivity index (χ0v) is 10.8. The number of benzene rings is 1. The van der Waals surface area contributed by atoms with Gasteiger partial charge in [-0.1, -0.05) is 24.3 Å². The molecule has 4 nitrogen and oxygen atoms in total. The molecule has 1 aromatic carbocycles. The van der Waals surface area contributed by atoms with Crippen molar-refractivity contribution in [3.8, 4) is 0 Å². The molecule has 19 heavy (non-hydrogen) atoms. The summed E-state index contributed by atoms with van der Waals surface area (Å²) in [6.07, 6.45) is 3.98. The van der Waals surface area contributed by atoms with Crippen LogP contribution in [0.5, 0.6) is 0 Å². The Balaban J connectivity index is 1.86. The molecule has 1 aliphatic rings. The highest BCUT2D eigenvalue weighted by molar-refractivity contribution is 5.95. The second-order valence-electron chi connectivity index (χ2n) is 4.77. The van der Waals surface area contributed by atoms with E-state index in [0.29, 0.717) is 12.1 Å². The van der Waals surface area contributed by atoms with Crippen LogP contribution in [0.3, 0.4) is 0 Å². The number of hydrogen-bond donors (Lipinski definition) is 0. The van der Waals surface area contributed by atoms with Crippen molar-refractivity contribution in [1.29, 1.82) is 0 Å². The van der Waals surface area contributed by atoms with Crippen LogP contribution in [0.15, 0.2) is 36.8 Å². The normalized spacial score (nSPS) is 14.1. The van der Waals surface area contributed by atoms with Crippen molar-refractivity contribution in [1.82, 2.24) is 14.9 Å². The fourth-order valence-corrected chi connectivity index (χ4v) is 2.44. The molecule has 0 bridgehead atoms. The first-order valence-corrected chi connectivity index (χ1v) is 6.38. The minimum atomic E-state index is 0.0209. The van der Waals surface area contributed by atoms with Gasteiger partial charge < -0.3 is 4.90 Å². The summed E-state index contributed by atoms with van der Waals surface area (Å²) in [5.41, 5.74) is 3.91. The summed E-state index contributed by atoms with van der Waals surface area (Å²) in [6.45, 7) is 3.26. The molecule has 0 atom stereocenters. The number of hydrogen-bond acceptors (Lipinski definition) is 3. The number of fused-ring (bicyclic) bond motifs is 1. The third-order valence-electron chi connectivity index (χ3n) is 3.56. The molecule has 0 fully saturated rings. The highest BCUT2D eigenvalue weighted by Crippen LogP contribution is 2.20. The third kappa shape index (κ3) is 2.21. The molecular weight excluding hydrogens is 238 g/mol. The fraction of sp³-hybridized carbons (Fsp3) is 0.267. The molecule has 1 aliphatic heterocycles. The smallest absolute Gasteiger partial charge is 0.257 e. The van der Waals surface area contributed by atoms with Gasteiger partial charge in [0.05, 0.1) is 11.3 Å². The first-order chi connectivity index (χ1) is 9.25. The summed E-state index contributed by atoms with van der Waals surface area (Å²) in [5.74, 6) is 0.0209. The van der Waals surface area contributed by atoms with E-state index in [1.165, 1.54) is 17.5 Å². The molecule has 2 aromatic rings. The predicted molar refractivity (Wildman–Crippen MR) is 71.7 cm³/mol. The molecule has 1 aromatic heterocycles. The van der Waals surface area contributed by atoms with E-state index in [9.17, 15) is 4.79 Å². The Kier molecular flexibility index (Phi) is 2.99. The van der Waals surface area contributed by atoms with Crippen LogP contribution in [0.2, 0.25) is 0 Å². The lowest BCUT2D eigenvalue weighted by Crippen LogP contribution is -2.36. The molecule has 4 heteroatoms. The van der Waals surface area contributed by atoms with E-state index in [1.54, 1.807) is 6.20 Å². The molecule has 3 rings (SSSR count). The topological polar surface area (TPSA) is 46.1 Å². The van der Waals surface area contributed by atoms with E-state index in [2.05, 4.69) is 22.1 Å². The monoisotopic (exact) mass is 253 g/mol. The Hall–Kier alpha value is -2.23. The number of nitrogens with zero attached hydrogens (tertiary/aromatic N) is 3. The molecule has 2 heterocycles. The van der Waals surface area contributed by atoms with E-state index < -0.39 is 0 Å². The van der Waals surface area contributed by atoms with Crippen LogP contribution >= 0.6 is 0 Å². The van der Waals surface area contributed by atoms with Crippen LogP contribution in [0, 0.1) is 6.92 Å². The molecular formula is C15H15N3O. The second-order valence-corrected chi connectivity index (χ2v) is 4.77. The summed E-state index contributed by atoms with van der Waals surface area (Å²) in [5, 5.41) is 0. The van der Waals surface area contributed by atoms with E-state index in [1.807, 2.05) is 24.0 Å². The number of carbonyl (C=O) groups is 1. The molecule has 0 unspecified atom stereocenters. The lowest BCUT2D eigenvalue weighted by atomic mass is 9.99. The van der Waals surface area contributed by atoms with Gasteiger partial charge >= 0.3 is 0 Å². The van der Waals surface area contributed by atoms with Crippen LogP contribution in [0.1, 0.15) is 27.2 Å². The molecule has 0 spiro atoms. The summed E-state index contributed by atoms with van der Waals surface area (Å²) >= 11 is 0. The van der Waals surface area contributed by atoms with Crippen LogP contribution in [-0.4, -0.2) is 27.3 Å². The zero-order chi connectivity index (χ0) is 13.2. The predicted octanol–water partition coefficient (Wildman–Crippen LogP) is 1.98. The molecule has 0 radical (unpaired) electrons. The minimum absolute atomic E-state index is 0.0209. The van der Waals surface area contributed by atoms with Crippen molar-refractivity contribution in [3.63, 3.8) is 0 Å². The van der Waals surface area contributed by atoms with Crippen LogP contribution < -0.4 is 0 Å². The quantitative estimate of drug-likeness (QED) is 0.780. The first kappa shape index (κ1) is 11.8. The van der Waals surface area contributed by atoms with E-state index in [-0.39, 0.29) is 5.91 Å². The summed E-state index contributed by atoms with van der Waals surface area (Å²) in [6, 6.07) is 8.28. The highest BCUT2D eigenvalue weighted by Gasteiger charge is 2.22. The van der Waals surface area contributed by atoms with Crippen molar-refractivity contribution in [2.75, 3.05) is 6.54 Å². The summed E-state index contributed by atoms with van der Waals surface area (Å²) < 4.78 is 0. The highest BCUT2D eigenvalue weighted by atomic mass is 16.2. The summed E-state index contributed by atoms with van der Waals surface area (Å²) in [7, 11) is 0. The summed E-state index contributed by atoms with van der Waals surface area (Å²) in [4.78, 5) is 22.4. The molecule has 0 saturated heterocycles. The van der Waals surface area contributed by atoms with E-state index >= 15 is 0 Å². The van der Waals surface area contributed by atoms with Crippen LogP contribution in [0.25, 0.3) is 0 Å². The lowest BCUT2D eigenvalue weighted by molar-refractivity contribution is 0.0733. The van der Waals surface area contributed by atoms with Crippen molar-refractivity contribution in [2.45, 2.75) is 19.9 Å². The fourth-order valence-electron chi connectivity index (χ4n) is 2.44. The van der Waals surface area contributed by atoms with Crippen LogP contribution in [-0.2, 0) is 13.0 Å². The van der Waals surface area contributed by atoms with Crippen LogP contribution in [0.4, 0.5) is 0 Å². The standard InChI is InChI=1S/C15H15N3O/c1-11-14(8-16-10-17-11)15(19)18-7-6-12-4-2-3-5-13(12)9-18/h2-5,8,10H,6-7,9H2,1H3. The Bertz CT molecular complexity index is 624. The maximum atomic E-state index is 12.5. The van der Waals surface area contributed by atoms with Gasteiger partial charge in [0, 0.05) is 19.3 Å². The minimum Gasteiger partial charge on any atom is -0.334 e. The zero-order valence-electron chi connectivity index (χ0n) is 10.8. The number of rotatable bonds is 1. The average molecular weight is 253 g/mol. The van der Waals surface area contributed by atoms with Gasteiger partial charge in [-0.2, -0.15) is 0 Å². The van der Waals surface area contributed by atoms with Crippen molar-refractivity contribution in [2.24, 2.45) is 0 Å². The van der Waals surface area contributed by atoms with Gasteiger partial charge in [0.15, 0.2) is 0 Å². The molecule has 0 aliphatic carbocycles. The van der Waals surface area contributed by atoms with Gasteiger partial charge in [0.1, 0.15) is 6.33 Å². The Labute approximate surface area is 112 Å². The van der Waals surface area contributed by atoms with Crippen molar-refractivity contribution >= 4 is 5.91 Å².